The number of hydrogen-bond acceptors (Lipinski definition) is 4. The Kier molecular flexibility index (Phi) is 5.65. The Bertz CT molecular complexity index is 919. The Morgan fingerprint density at radius 1 is 1.15 bits per heavy atom. The van der Waals surface area contributed by atoms with E-state index in [9.17, 15) is 9.18 Å². The molecule has 8 heteroatoms. The van der Waals surface area contributed by atoms with Crippen molar-refractivity contribution >= 4 is 29.1 Å². The van der Waals surface area contributed by atoms with Crippen molar-refractivity contribution in [3.8, 4) is 11.5 Å². The first kappa shape index (κ1) is 18.1. The first-order chi connectivity index (χ1) is 12.5. The van der Waals surface area contributed by atoms with Crippen LogP contribution in [-0.4, -0.2) is 15.9 Å². The number of rotatable bonds is 5. The number of halogens is 3. The highest BCUT2D eigenvalue weighted by Gasteiger charge is 2.10. The Morgan fingerprint density at radius 2 is 1.92 bits per heavy atom. The van der Waals surface area contributed by atoms with Gasteiger partial charge in [-0.3, -0.25) is 9.78 Å². The van der Waals surface area contributed by atoms with Crippen molar-refractivity contribution in [1.29, 1.82) is 0 Å². The lowest BCUT2D eigenvalue weighted by Gasteiger charge is -2.09. The summed E-state index contributed by atoms with van der Waals surface area (Å²) in [6, 6.07) is 10.6. The summed E-state index contributed by atoms with van der Waals surface area (Å²) >= 11 is 11.5. The van der Waals surface area contributed by atoms with Gasteiger partial charge in [-0.2, -0.15) is 0 Å². The van der Waals surface area contributed by atoms with Gasteiger partial charge in [0.15, 0.2) is 11.6 Å². The van der Waals surface area contributed by atoms with Crippen molar-refractivity contribution in [1.82, 2.24) is 15.3 Å². The van der Waals surface area contributed by atoms with Gasteiger partial charge in [0, 0.05) is 18.3 Å². The third kappa shape index (κ3) is 4.68. The molecule has 0 unspecified atom stereocenters. The zero-order valence-corrected chi connectivity index (χ0v) is 14.8. The molecule has 0 spiro atoms. The van der Waals surface area contributed by atoms with Crippen LogP contribution in [0, 0.1) is 5.82 Å². The first-order valence-electron chi connectivity index (χ1n) is 7.49. The lowest BCUT2D eigenvalue weighted by atomic mass is 10.2. The van der Waals surface area contributed by atoms with Gasteiger partial charge in [-0.1, -0.05) is 29.3 Å². The van der Waals surface area contributed by atoms with Crippen LogP contribution >= 0.6 is 23.2 Å². The maximum absolute atomic E-state index is 14.2. The van der Waals surface area contributed by atoms with Crippen LogP contribution in [0.2, 0.25) is 10.3 Å². The fourth-order valence-electron chi connectivity index (χ4n) is 2.15. The van der Waals surface area contributed by atoms with Gasteiger partial charge in [-0.15, -0.1) is 0 Å². The predicted octanol–water partition coefficient (Wildman–Crippen LogP) is 4.64. The van der Waals surface area contributed by atoms with E-state index in [4.69, 9.17) is 27.9 Å². The Labute approximate surface area is 158 Å². The fourth-order valence-corrected chi connectivity index (χ4v) is 2.61. The molecule has 1 N–H and O–H groups in total. The lowest BCUT2D eigenvalue weighted by molar-refractivity contribution is 0.0950. The third-order valence-corrected chi connectivity index (χ3v) is 3.72. The summed E-state index contributed by atoms with van der Waals surface area (Å²) in [6.07, 6.45) is 3.08. The van der Waals surface area contributed by atoms with Crippen LogP contribution in [0.5, 0.6) is 11.5 Å². The fraction of sp³-hybridized carbons (Fsp3) is 0.0556. The molecule has 1 amide bonds. The standard InChI is InChI=1S/C18H12Cl2FN3O2/c19-16-7-12(8-17(20)24-16)18(25)23-9-11-3-4-15(14(21)6-11)26-13-2-1-5-22-10-13/h1-8,10H,9H2,(H,23,25). The van der Waals surface area contributed by atoms with Crippen LogP contribution in [0.3, 0.4) is 0 Å². The van der Waals surface area contributed by atoms with Gasteiger partial charge in [0.25, 0.3) is 5.91 Å². The average molecular weight is 392 g/mol. The van der Waals surface area contributed by atoms with Gasteiger partial charge in [0.2, 0.25) is 0 Å². The molecule has 0 aliphatic carbocycles. The highest BCUT2D eigenvalue weighted by Crippen LogP contribution is 2.24. The van der Waals surface area contributed by atoms with Gasteiger partial charge >= 0.3 is 0 Å². The van der Waals surface area contributed by atoms with Crippen molar-refractivity contribution in [2.75, 3.05) is 0 Å². The van der Waals surface area contributed by atoms with E-state index in [-0.39, 0.29) is 28.2 Å². The van der Waals surface area contributed by atoms with Crippen molar-refractivity contribution in [2.45, 2.75) is 6.54 Å². The second-order valence-corrected chi connectivity index (χ2v) is 6.01. The molecule has 132 valence electrons. The molecule has 3 aromatic rings. The summed E-state index contributed by atoms with van der Waals surface area (Å²) in [6.45, 7) is 0.125. The number of amides is 1. The number of aromatic nitrogens is 2. The summed E-state index contributed by atoms with van der Waals surface area (Å²) in [5.41, 5.74) is 0.840. The number of hydrogen-bond donors (Lipinski definition) is 1. The van der Waals surface area contributed by atoms with Gasteiger partial charge in [0.1, 0.15) is 16.1 Å². The van der Waals surface area contributed by atoms with E-state index >= 15 is 0 Å². The van der Waals surface area contributed by atoms with Crippen LogP contribution in [0.25, 0.3) is 0 Å². The minimum atomic E-state index is -0.546. The molecule has 26 heavy (non-hydrogen) atoms. The minimum absolute atomic E-state index is 0.0702. The molecule has 5 nitrogen and oxygen atoms in total. The van der Waals surface area contributed by atoms with E-state index in [2.05, 4.69) is 15.3 Å². The van der Waals surface area contributed by atoms with Crippen molar-refractivity contribution in [3.05, 3.63) is 82.1 Å². The van der Waals surface area contributed by atoms with Crippen molar-refractivity contribution in [3.63, 3.8) is 0 Å². The van der Waals surface area contributed by atoms with Crippen LogP contribution in [-0.2, 0) is 6.54 Å². The summed E-state index contributed by atoms with van der Waals surface area (Å²) in [4.78, 5) is 19.8. The molecule has 0 aliphatic rings. The first-order valence-corrected chi connectivity index (χ1v) is 8.24. The van der Waals surface area contributed by atoms with Crippen LogP contribution in [0.1, 0.15) is 15.9 Å². The quantitative estimate of drug-likeness (QED) is 0.643. The molecule has 0 bridgehead atoms. The molecule has 0 saturated carbocycles. The van der Waals surface area contributed by atoms with Gasteiger partial charge in [0.05, 0.1) is 6.20 Å². The van der Waals surface area contributed by atoms with Crippen LogP contribution in [0.4, 0.5) is 4.39 Å². The molecule has 0 radical (unpaired) electrons. The Balaban J connectivity index is 1.65. The molecule has 0 atom stereocenters. The number of ether oxygens (including phenoxy) is 1. The molecule has 0 aliphatic heterocycles. The Morgan fingerprint density at radius 3 is 2.58 bits per heavy atom. The monoisotopic (exact) mass is 391 g/mol. The summed E-state index contributed by atoms with van der Waals surface area (Å²) in [5.74, 6) is -0.442. The second kappa shape index (κ2) is 8.12. The number of carbonyl (C=O) groups excluding carboxylic acids is 1. The third-order valence-electron chi connectivity index (χ3n) is 3.34. The van der Waals surface area contributed by atoms with Gasteiger partial charge < -0.3 is 10.1 Å². The molecule has 1 aromatic carbocycles. The van der Waals surface area contributed by atoms with E-state index in [0.29, 0.717) is 11.3 Å². The van der Waals surface area contributed by atoms with Crippen LogP contribution in [0.15, 0.2) is 54.9 Å². The molecule has 2 heterocycles. The van der Waals surface area contributed by atoms with E-state index in [1.54, 1.807) is 24.4 Å². The number of nitrogens with zero attached hydrogens (tertiary/aromatic N) is 2. The maximum Gasteiger partial charge on any atom is 0.251 e. The summed E-state index contributed by atoms with van der Waals surface area (Å²) in [7, 11) is 0. The molecular formula is C18H12Cl2FN3O2. The minimum Gasteiger partial charge on any atom is -0.453 e. The van der Waals surface area contributed by atoms with E-state index in [1.165, 1.54) is 30.5 Å². The molecular weight excluding hydrogens is 380 g/mol. The number of pyridine rings is 2. The number of carbonyl (C=O) groups is 1. The average Bonchev–Trinajstić information content (AvgIpc) is 2.62. The largest absolute Gasteiger partial charge is 0.453 e. The van der Waals surface area contributed by atoms with E-state index in [1.807, 2.05) is 0 Å². The lowest BCUT2D eigenvalue weighted by Crippen LogP contribution is -2.23. The van der Waals surface area contributed by atoms with Crippen molar-refractivity contribution in [2.24, 2.45) is 0 Å². The normalized spacial score (nSPS) is 10.4. The zero-order chi connectivity index (χ0) is 18.5. The molecule has 0 fully saturated rings. The zero-order valence-electron chi connectivity index (χ0n) is 13.2. The summed E-state index contributed by atoms with van der Waals surface area (Å²) in [5, 5.41) is 2.90. The predicted molar refractivity (Wildman–Crippen MR) is 96.1 cm³/mol. The Hall–Kier alpha value is -2.70. The SMILES string of the molecule is O=C(NCc1ccc(Oc2cccnc2)c(F)c1)c1cc(Cl)nc(Cl)c1. The smallest absolute Gasteiger partial charge is 0.251 e. The highest BCUT2D eigenvalue weighted by molar-refractivity contribution is 6.33. The van der Waals surface area contributed by atoms with Crippen molar-refractivity contribution < 1.29 is 13.9 Å². The summed E-state index contributed by atoms with van der Waals surface area (Å²) < 4.78 is 19.6. The van der Waals surface area contributed by atoms with Gasteiger partial charge in [-0.25, -0.2) is 9.37 Å². The van der Waals surface area contributed by atoms with Gasteiger partial charge in [-0.05, 0) is 42.0 Å². The highest BCUT2D eigenvalue weighted by atomic mass is 35.5. The van der Waals surface area contributed by atoms with Crippen LogP contribution < -0.4 is 10.1 Å². The van der Waals surface area contributed by atoms with E-state index < -0.39 is 11.7 Å². The molecule has 3 rings (SSSR count). The van der Waals surface area contributed by atoms with E-state index in [0.717, 1.165) is 0 Å². The number of benzene rings is 1. The second-order valence-electron chi connectivity index (χ2n) is 5.24. The molecule has 0 saturated heterocycles. The topological polar surface area (TPSA) is 64.1 Å². The molecule has 2 aromatic heterocycles. The number of nitrogens with one attached hydrogen (secondary N) is 1. The maximum atomic E-state index is 14.2.